The summed E-state index contributed by atoms with van der Waals surface area (Å²) in [5, 5.41) is 21.3. The number of carbonyl (C=O) groups excluding carboxylic acids is 1. The Kier molecular flexibility index (Phi) is 4.47. The molecule has 0 radical (unpaired) electrons. The van der Waals surface area contributed by atoms with Crippen molar-refractivity contribution >= 4 is 23.2 Å². The molecule has 0 saturated heterocycles. The fourth-order valence-corrected chi connectivity index (χ4v) is 3.02. The van der Waals surface area contributed by atoms with Gasteiger partial charge in [-0.3, -0.25) is 9.59 Å². The molecule has 2 atom stereocenters. The van der Waals surface area contributed by atoms with Crippen molar-refractivity contribution in [3.05, 3.63) is 10.0 Å². The Morgan fingerprint density at radius 3 is 2.74 bits per heavy atom. The molecule has 0 aliphatic heterocycles. The minimum absolute atomic E-state index is 0.0706. The van der Waals surface area contributed by atoms with Crippen molar-refractivity contribution in [3.63, 3.8) is 0 Å². The zero-order chi connectivity index (χ0) is 13.8. The quantitative estimate of drug-likeness (QED) is 0.870. The molecule has 0 spiro atoms. The second kappa shape index (κ2) is 6.10. The third-order valence-electron chi connectivity index (χ3n) is 3.38. The summed E-state index contributed by atoms with van der Waals surface area (Å²) in [6.45, 7) is 2.24. The van der Waals surface area contributed by atoms with Crippen molar-refractivity contribution in [3.8, 4) is 0 Å². The predicted octanol–water partition coefficient (Wildman–Crippen LogP) is 1.35. The Morgan fingerprint density at radius 1 is 1.37 bits per heavy atom. The minimum atomic E-state index is -0.794. The average Bonchev–Trinajstić information content (AvgIpc) is 2.82. The van der Waals surface area contributed by atoms with E-state index < -0.39 is 5.97 Å². The number of carboxylic acid groups (broad SMARTS) is 1. The van der Waals surface area contributed by atoms with Crippen LogP contribution in [0, 0.1) is 18.8 Å². The van der Waals surface area contributed by atoms with E-state index in [2.05, 4.69) is 15.5 Å². The van der Waals surface area contributed by atoms with Crippen molar-refractivity contribution in [2.24, 2.45) is 11.8 Å². The Bertz CT molecular complexity index is 475. The molecule has 0 bridgehead atoms. The fourth-order valence-electron chi connectivity index (χ4n) is 2.37. The summed E-state index contributed by atoms with van der Waals surface area (Å²) in [6.07, 6.45) is 2.68. The molecule has 1 fully saturated rings. The standard InChI is InChI=1S/C12H17N3O3S/c1-7-14-15-10(19-7)6-13-11(16)8-3-2-4-9(5-8)12(17)18/h8-9H,2-6H2,1H3,(H,13,16)(H,17,18)/t8-,9+/m1/s1. The van der Waals surface area contributed by atoms with Crippen LogP contribution in [0.4, 0.5) is 0 Å². The molecular weight excluding hydrogens is 266 g/mol. The maximum atomic E-state index is 12.0. The van der Waals surface area contributed by atoms with Crippen LogP contribution < -0.4 is 5.32 Å². The molecule has 104 valence electrons. The minimum Gasteiger partial charge on any atom is -0.481 e. The topological polar surface area (TPSA) is 92.2 Å². The zero-order valence-electron chi connectivity index (χ0n) is 10.8. The summed E-state index contributed by atoms with van der Waals surface area (Å²) in [5.74, 6) is -1.44. The van der Waals surface area contributed by atoms with E-state index >= 15 is 0 Å². The van der Waals surface area contributed by atoms with E-state index in [0.717, 1.165) is 22.9 Å². The monoisotopic (exact) mass is 283 g/mol. The highest BCUT2D eigenvalue weighted by Gasteiger charge is 2.30. The van der Waals surface area contributed by atoms with Gasteiger partial charge < -0.3 is 10.4 Å². The van der Waals surface area contributed by atoms with Gasteiger partial charge in [0.15, 0.2) is 0 Å². The van der Waals surface area contributed by atoms with Crippen LogP contribution in [0.2, 0.25) is 0 Å². The van der Waals surface area contributed by atoms with Gasteiger partial charge in [0.25, 0.3) is 0 Å². The normalized spacial score (nSPS) is 23.0. The molecule has 1 aliphatic carbocycles. The first-order valence-corrected chi connectivity index (χ1v) is 7.17. The first-order chi connectivity index (χ1) is 9.06. The number of aromatic nitrogens is 2. The van der Waals surface area contributed by atoms with Crippen molar-refractivity contribution in [1.82, 2.24) is 15.5 Å². The van der Waals surface area contributed by atoms with E-state index in [1.165, 1.54) is 11.3 Å². The van der Waals surface area contributed by atoms with Gasteiger partial charge in [0.2, 0.25) is 5.91 Å². The summed E-state index contributed by atoms with van der Waals surface area (Å²) >= 11 is 1.45. The third kappa shape index (κ3) is 3.73. The van der Waals surface area contributed by atoms with E-state index in [1.54, 1.807) is 0 Å². The highest BCUT2D eigenvalue weighted by molar-refractivity contribution is 7.11. The van der Waals surface area contributed by atoms with Crippen molar-refractivity contribution in [1.29, 1.82) is 0 Å². The van der Waals surface area contributed by atoms with E-state index in [0.29, 0.717) is 19.4 Å². The third-order valence-corrected chi connectivity index (χ3v) is 4.21. The number of carbonyl (C=O) groups is 2. The maximum Gasteiger partial charge on any atom is 0.306 e. The Balaban J connectivity index is 1.84. The molecule has 2 N–H and O–H groups in total. The molecule has 7 heteroatoms. The molecule has 1 aliphatic rings. The van der Waals surface area contributed by atoms with Crippen LogP contribution in [0.3, 0.4) is 0 Å². The Morgan fingerprint density at radius 2 is 2.11 bits per heavy atom. The smallest absolute Gasteiger partial charge is 0.306 e. The molecule has 1 aromatic rings. The van der Waals surface area contributed by atoms with Gasteiger partial charge in [-0.05, 0) is 26.2 Å². The van der Waals surface area contributed by atoms with Crippen LogP contribution >= 0.6 is 11.3 Å². The molecule has 1 heterocycles. The number of hydrogen-bond donors (Lipinski definition) is 2. The Hall–Kier alpha value is -1.50. The number of nitrogens with one attached hydrogen (secondary N) is 1. The molecule has 6 nitrogen and oxygen atoms in total. The predicted molar refractivity (Wildman–Crippen MR) is 69.6 cm³/mol. The number of aryl methyl sites for hydroxylation is 1. The molecule has 19 heavy (non-hydrogen) atoms. The molecule has 1 saturated carbocycles. The number of carboxylic acids is 1. The van der Waals surface area contributed by atoms with Gasteiger partial charge in [-0.2, -0.15) is 0 Å². The number of aliphatic carboxylic acids is 1. The summed E-state index contributed by atoms with van der Waals surface area (Å²) < 4.78 is 0. The van der Waals surface area contributed by atoms with Crippen molar-refractivity contribution in [2.75, 3.05) is 0 Å². The fraction of sp³-hybridized carbons (Fsp3) is 0.667. The largest absolute Gasteiger partial charge is 0.481 e. The van der Waals surface area contributed by atoms with Gasteiger partial charge in [0.05, 0.1) is 12.5 Å². The summed E-state index contributed by atoms with van der Waals surface area (Å²) in [4.78, 5) is 23.0. The summed E-state index contributed by atoms with van der Waals surface area (Å²) in [6, 6.07) is 0. The highest BCUT2D eigenvalue weighted by atomic mass is 32.1. The number of nitrogens with zero attached hydrogens (tertiary/aromatic N) is 2. The molecular formula is C12H17N3O3S. The van der Waals surface area contributed by atoms with Crippen LogP contribution in [0.15, 0.2) is 0 Å². The first-order valence-electron chi connectivity index (χ1n) is 6.35. The van der Waals surface area contributed by atoms with Crippen LogP contribution in [0.1, 0.15) is 35.7 Å². The number of rotatable bonds is 4. The maximum absolute atomic E-state index is 12.0. The number of hydrogen-bond acceptors (Lipinski definition) is 5. The molecule has 0 aromatic carbocycles. The zero-order valence-corrected chi connectivity index (χ0v) is 11.6. The second-order valence-electron chi connectivity index (χ2n) is 4.83. The van der Waals surface area contributed by atoms with Crippen molar-refractivity contribution in [2.45, 2.75) is 39.2 Å². The van der Waals surface area contributed by atoms with Crippen LogP contribution in [0.25, 0.3) is 0 Å². The van der Waals surface area contributed by atoms with E-state index in [-0.39, 0.29) is 17.7 Å². The second-order valence-corrected chi connectivity index (χ2v) is 6.10. The van der Waals surface area contributed by atoms with Crippen LogP contribution in [0.5, 0.6) is 0 Å². The van der Waals surface area contributed by atoms with Crippen LogP contribution in [-0.4, -0.2) is 27.2 Å². The van der Waals surface area contributed by atoms with Gasteiger partial charge in [0, 0.05) is 5.92 Å². The molecule has 1 amide bonds. The van der Waals surface area contributed by atoms with Crippen LogP contribution in [-0.2, 0) is 16.1 Å². The van der Waals surface area contributed by atoms with Gasteiger partial charge in [-0.25, -0.2) is 0 Å². The number of amides is 1. The lowest BCUT2D eigenvalue weighted by molar-refractivity contribution is -0.144. The van der Waals surface area contributed by atoms with Crippen molar-refractivity contribution < 1.29 is 14.7 Å². The highest BCUT2D eigenvalue weighted by Crippen LogP contribution is 2.29. The van der Waals surface area contributed by atoms with Gasteiger partial charge in [0.1, 0.15) is 10.0 Å². The van der Waals surface area contributed by atoms with Gasteiger partial charge in [-0.15, -0.1) is 10.2 Å². The lowest BCUT2D eigenvalue weighted by atomic mass is 9.81. The SMILES string of the molecule is Cc1nnc(CNC(=O)[C@@H]2CCC[C@H](C(=O)O)C2)s1. The average molecular weight is 283 g/mol. The Labute approximate surface area is 115 Å². The van der Waals surface area contributed by atoms with E-state index in [4.69, 9.17) is 5.11 Å². The van der Waals surface area contributed by atoms with E-state index in [1.807, 2.05) is 6.92 Å². The lowest BCUT2D eigenvalue weighted by Crippen LogP contribution is -2.35. The molecule has 0 unspecified atom stereocenters. The first kappa shape index (κ1) is 13.9. The lowest BCUT2D eigenvalue weighted by Gasteiger charge is -2.25. The molecule has 1 aromatic heterocycles. The summed E-state index contributed by atoms with van der Waals surface area (Å²) in [7, 11) is 0. The van der Waals surface area contributed by atoms with E-state index in [9.17, 15) is 9.59 Å². The van der Waals surface area contributed by atoms with Gasteiger partial charge in [-0.1, -0.05) is 17.8 Å². The van der Waals surface area contributed by atoms with Gasteiger partial charge >= 0.3 is 5.97 Å². The molecule has 2 rings (SSSR count). The summed E-state index contributed by atoms with van der Waals surface area (Å²) in [5.41, 5.74) is 0.